The molecule has 0 radical (unpaired) electrons. The number of hydrogen-bond acceptors (Lipinski definition) is 3. The Morgan fingerprint density at radius 3 is 2.81 bits per heavy atom. The van der Waals surface area contributed by atoms with Crippen molar-refractivity contribution in [1.82, 2.24) is 5.32 Å². The van der Waals surface area contributed by atoms with Crippen LogP contribution in [0.25, 0.3) is 0 Å². The molecule has 0 bridgehead atoms. The van der Waals surface area contributed by atoms with Crippen LogP contribution < -0.4 is 10.2 Å². The molecule has 0 saturated carbocycles. The summed E-state index contributed by atoms with van der Waals surface area (Å²) < 4.78 is 18.1. The van der Waals surface area contributed by atoms with Gasteiger partial charge in [-0.15, -0.1) is 0 Å². The van der Waals surface area contributed by atoms with Gasteiger partial charge in [0.2, 0.25) is 5.91 Å². The number of nitrogens with one attached hydrogen (secondary N) is 1. The van der Waals surface area contributed by atoms with Crippen LogP contribution in [0.4, 0.5) is 14.9 Å². The first-order chi connectivity index (χ1) is 10.1. The van der Waals surface area contributed by atoms with Crippen LogP contribution in [0.5, 0.6) is 0 Å². The molecule has 1 atom stereocenters. The summed E-state index contributed by atoms with van der Waals surface area (Å²) >= 11 is 0. The second-order valence-electron chi connectivity index (χ2n) is 5.00. The summed E-state index contributed by atoms with van der Waals surface area (Å²) in [6.07, 6.45) is 1.43. The molecule has 1 aromatic rings. The maximum Gasteiger partial charge on any atom is 0.414 e. The Morgan fingerprint density at radius 1 is 1.43 bits per heavy atom. The number of unbranched alkanes of at least 4 members (excludes halogenated alkanes) is 1. The van der Waals surface area contributed by atoms with Gasteiger partial charge in [0, 0.05) is 12.1 Å². The smallest absolute Gasteiger partial charge is 0.414 e. The third-order valence-corrected chi connectivity index (χ3v) is 3.30. The Kier molecular flexibility index (Phi) is 5.14. The van der Waals surface area contributed by atoms with Gasteiger partial charge in [0.25, 0.3) is 0 Å². The zero-order chi connectivity index (χ0) is 15.2. The molecule has 6 heteroatoms. The highest BCUT2D eigenvalue weighted by molar-refractivity contribution is 5.89. The summed E-state index contributed by atoms with van der Waals surface area (Å²) in [6.45, 7) is 2.66. The quantitative estimate of drug-likeness (QED) is 0.876. The lowest BCUT2D eigenvalue weighted by Crippen LogP contribution is -2.34. The summed E-state index contributed by atoms with van der Waals surface area (Å²) in [7, 11) is 0. The van der Waals surface area contributed by atoms with Crippen molar-refractivity contribution in [3.05, 3.63) is 30.1 Å². The average Bonchev–Trinajstić information content (AvgIpc) is 2.85. The van der Waals surface area contributed by atoms with E-state index in [0.29, 0.717) is 25.2 Å². The number of nitrogens with zero attached hydrogens (tertiary/aromatic N) is 1. The van der Waals surface area contributed by atoms with Gasteiger partial charge < -0.3 is 10.1 Å². The minimum atomic E-state index is -0.477. The van der Waals surface area contributed by atoms with Crippen LogP contribution in [-0.4, -0.2) is 31.2 Å². The maximum absolute atomic E-state index is 12.9. The van der Waals surface area contributed by atoms with E-state index in [0.717, 1.165) is 12.8 Å². The lowest BCUT2D eigenvalue weighted by molar-refractivity contribution is -0.121. The number of benzene rings is 1. The Morgan fingerprint density at radius 2 is 2.14 bits per heavy atom. The third-order valence-electron chi connectivity index (χ3n) is 3.30. The second-order valence-corrected chi connectivity index (χ2v) is 5.00. The van der Waals surface area contributed by atoms with E-state index >= 15 is 0 Å². The van der Waals surface area contributed by atoms with Crippen molar-refractivity contribution < 1.29 is 18.7 Å². The molecule has 0 aliphatic carbocycles. The monoisotopic (exact) mass is 294 g/mol. The Labute approximate surface area is 123 Å². The molecule has 0 spiro atoms. The first kappa shape index (κ1) is 15.3. The van der Waals surface area contributed by atoms with Gasteiger partial charge in [-0.25, -0.2) is 9.18 Å². The Bertz CT molecular complexity index is 504. The minimum absolute atomic E-state index is 0.0341. The lowest BCUT2D eigenvalue weighted by atomic mass is 10.2. The molecule has 1 N–H and O–H groups in total. The molecule has 1 heterocycles. The van der Waals surface area contributed by atoms with Crippen molar-refractivity contribution in [1.29, 1.82) is 0 Å². The molecule has 1 saturated heterocycles. The molecule has 1 aliphatic heterocycles. The number of anilines is 1. The molecule has 1 aromatic carbocycles. The van der Waals surface area contributed by atoms with Crippen molar-refractivity contribution in [2.24, 2.45) is 0 Å². The van der Waals surface area contributed by atoms with Crippen LogP contribution in [0.2, 0.25) is 0 Å². The zero-order valence-electron chi connectivity index (χ0n) is 12.0. The minimum Gasteiger partial charge on any atom is -0.442 e. The topological polar surface area (TPSA) is 58.6 Å². The van der Waals surface area contributed by atoms with E-state index in [-0.39, 0.29) is 17.8 Å². The van der Waals surface area contributed by atoms with Crippen LogP contribution in [0.15, 0.2) is 24.3 Å². The van der Waals surface area contributed by atoms with Gasteiger partial charge in [0.15, 0.2) is 0 Å². The first-order valence-corrected chi connectivity index (χ1v) is 7.10. The summed E-state index contributed by atoms with van der Waals surface area (Å²) in [4.78, 5) is 24.7. The molecule has 5 nitrogen and oxygen atoms in total. The SMILES string of the molecule is CCCCC(=O)NCC1CN(c2ccc(F)cc2)C(=O)O1. The first-order valence-electron chi connectivity index (χ1n) is 7.10. The van der Waals surface area contributed by atoms with Gasteiger partial charge in [0.1, 0.15) is 11.9 Å². The normalized spacial score (nSPS) is 17.7. The van der Waals surface area contributed by atoms with Gasteiger partial charge in [-0.1, -0.05) is 13.3 Å². The fraction of sp³-hybridized carbons (Fsp3) is 0.467. The van der Waals surface area contributed by atoms with Gasteiger partial charge in [-0.05, 0) is 30.7 Å². The second kappa shape index (κ2) is 7.06. The van der Waals surface area contributed by atoms with Crippen LogP contribution in [-0.2, 0) is 9.53 Å². The van der Waals surface area contributed by atoms with E-state index in [1.165, 1.54) is 29.2 Å². The molecule has 1 unspecified atom stereocenters. The number of ether oxygens (including phenoxy) is 1. The number of carbonyl (C=O) groups is 2. The van der Waals surface area contributed by atoms with Crippen molar-refractivity contribution in [3.63, 3.8) is 0 Å². The number of carbonyl (C=O) groups excluding carboxylic acids is 2. The largest absolute Gasteiger partial charge is 0.442 e. The van der Waals surface area contributed by atoms with Crippen molar-refractivity contribution in [2.75, 3.05) is 18.0 Å². The number of cyclic esters (lactones) is 1. The molecule has 1 fully saturated rings. The van der Waals surface area contributed by atoms with E-state index < -0.39 is 6.09 Å². The summed E-state index contributed by atoms with van der Waals surface area (Å²) in [5.41, 5.74) is 0.584. The number of amides is 2. The van der Waals surface area contributed by atoms with Crippen molar-refractivity contribution in [2.45, 2.75) is 32.3 Å². The van der Waals surface area contributed by atoms with E-state index in [4.69, 9.17) is 4.74 Å². The van der Waals surface area contributed by atoms with Crippen molar-refractivity contribution in [3.8, 4) is 0 Å². The van der Waals surface area contributed by atoms with Crippen LogP contribution >= 0.6 is 0 Å². The van der Waals surface area contributed by atoms with Gasteiger partial charge >= 0.3 is 6.09 Å². The van der Waals surface area contributed by atoms with Crippen molar-refractivity contribution >= 4 is 17.7 Å². The summed E-state index contributed by atoms with van der Waals surface area (Å²) in [5.74, 6) is -0.390. The van der Waals surface area contributed by atoms with E-state index in [2.05, 4.69) is 5.32 Å². The molecule has 114 valence electrons. The number of rotatable bonds is 6. The Hall–Kier alpha value is -2.11. The Balaban J connectivity index is 1.85. The molecular weight excluding hydrogens is 275 g/mol. The fourth-order valence-corrected chi connectivity index (χ4v) is 2.11. The molecule has 2 rings (SSSR count). The van der Waals surface area contributed by atoms with Crippen LogP contribution in [0.1, 0.15) is 26.2 Å². The third kappa shape index (κ3) is 4.18. The molecular formula is C15H19FN2O3. The molecule has 0 aromatic heterocycles. The summed E-state index contributed by atoms with van der Waals surface area (Å²) in [5, 5.41) is 2.76. The fourth-order valence-electron chi connectivity index (χ4n) is 2.11. The highest BCUT2D eigenvalue weighted by Gasteiger charge is 2.32. The maximum atomic E-state index is 12.9. The van der Waals surface area contributed by atoms with Crippen LogP contribution in [0, 0.1) is 5.82 Å². The van der Waals surface area contributed by atoms with E-state index in [1.807, 2.05) is 6.92 Å². The van der Waals surface area contributed by atoms with Gasteiger partial charge in [-0.3, -0.25) is 9.69 Å². The van der Waals surface area contributed by atoms with Crippen LogP contribution in [0.3, 0.4) is 0 Å². The predicted molar refractivity (Wildman–Crippen MR) is 76.5 cm³/mol. The number of halogens is 1. The number of hydrogen-bond donors (Lipinski definition) is 1. The standard InChI is InChI=1S/C15H19FN2O3/c1-2-3-4-14(19)17-9-13-10-18(15(20)21-13)12-7-5-11(16)6-8-12/h5-8,13H,2-4,9-10H2,1H3,(H,17,19). The molecule has 21 heavy (non-hydrogen) atoms. The average molecular weight is 294 g/mol. The highest BCUT2D eigenvalue weighted by atomic mass is 19.1. The highest BCUT2D eigenvalue weighted by Crippen LogP contribution is 2.21. The molecule has 2 amide bonds. The van der Waals surface area contributed by atoms with Gasteiger partial charge in [0.05, 0.1) is 13.1 Å². The summed E-state index contributed by atoms with van der Waals surface area (Å²) in [6, 6.07) is 5.64. The molecule has 1 aliphatic rings. The lowest BCUT2D eigenvalue weighted by Gasteiger charge is -2.13. The van der Waals surface area contributed by atoms with E-state index in [1.54, 1.807) is 0 Å². The predicted octanol–water partition coefficient (Wildman–Crippen LogP) is 2.46. The van der Waals surface area contributed by atoms with E-state index in [9.17, 15) is 14.0 Å². The zero-order valence-corrected chi connectivity index (χ0v) is 12.0. The van der Waals surface area contributed by atoms with Gasteiger partial charge in [-0.2, -0.15) is 0 Å².